The van der Waals surface area contributed by atoms with Crippen LogP contribution in [-0.4, -0.2) is 5.11 Å². The maximum Gasteiger partial charge on any atom is 0.429 e. The first-order valence-electron chi connectivity index (χ1n) is 13.8. The molecule has 41 heavy (non-hydrogen) atoms. The molecule has 224 valence electrons. The Kier molecular flexibility index (Phi) is 9.36. The van der Waals surface area contributed by atoms with Crippen molar-refractivity contribution in [2.24, 2.45) is 0 Å². The lowest BCUT2D eigenvalue weighted by atomic mass is 9.79. The van der Waals surface area contributed by atoms with E-state index in [0.29, 0.717) is 23.3 Å². The molecule has 0 aromatic heterocycles. The zero-order valence-electron chi connectivity index (χ0n) is 24.7. The van der Waals surface area contributed by atoms with Crippen LogP contribution in [0.5, 0.6) is 17.2 Å². The quantitative estimate of drug-likeness (QED) is 0.192. The number of phenolic OH excluding ortho intramolecular Hbond substituents is 1. The molecule has 0 aliphatic rings. The fraction of sp³-hybridized carbons (Fsp3) is 0.455. The summed E-state index contributed by atoms with van der Waals surface area (Å²) in [6.07, 6.45) is -4.16. The molecule has 0 unspecified atom stereocenters. The van der Waals surface area contributed by atoms with Crippen LogP contribution in [0.4, 0.5) is 22.0 Å². The first kappa shape index (κ1) is 32.2. The van der Waals surface area contributed by atoms with Gasteiger partial charge in [-0.25, -0.2) is 4.39 Å². The van der Waals surface area contributed by atoms with Gasteiger partial charge in [0.2, 0.25) is 0 Å². The lowest BCUT2D eigenvalue weighted by molar-refractivity contribution is -0.188. The van der Waals surface area contributed by atoms with E-state index in [1.54, 1.807) is 12.1 Å². The van der Waals surface area contributed by atoms with Crippen molar-refractivity contribution in [2.75, 3.05) is 0 Å². The number of unbranched alkanes of at least 4 members (excludes halogenated alkanes) is 2. The van der Waals surface area contributed by atoms with Crippen molar-refractivity contribution in [3.8, 4) is 17.2 Å². The second-order valence-electron chi connectivity index (χ2n) is 12.4. The molecular formula is C33H39F5O3. The average molecular weight is 579 g/mol. The summed E-state index contributed by atoms with van der Waals surface area (Å²) in [5, 5.41) is 10.8. The van der Waals surface area contributed by atoms with Crippen LogP contribution >= 0.6 is 0 Å². The van der Waals surface area contributed by atoms with E-state index >= 15 is 8.78 Å². The Labute approximate surface area is 239 Å². The van der Waals surface area contributed by atoms with Gasteiger partial charge in [0.25, 0.3) is 0 Å². The van der Waals surface area contributed by atoms with Gasteiger partial charge in [-0.15, -0.1) is 0 Å². The highest BCUT2D eigenvalue weighted by Crippen LogP contribution is 2.44. The highest BCUT2D eigenvalue weighted by atomic mass is 19.3. The second kappa shape index (κ2) is 11.9. The third-order valence-corrected chi connectivity index (χ3v) is 6.80. The standard InChI is InChI=1S/C33H39F5O3/c1-8-9-10-11-21-12-14-22(15-13-21)32(35,36)40-23-16-17-25(28(34)20-23)33(37,38)41-24-18-26(30(2,3)4)29(39)27(19-24)31(5,6)7/h12-20,39H,8-11H2,1-7H3. The second-order valence-corrected chi connectivity index (χ2v) is 12.4. The Morgan fingerprint density at radius 3 is 1.68 bits per heavy atom. The van der Waals surface area contributed by atoms with Gasteiger partial charge < -0.3 is 14.6 Å². The van der Waals surface area contributed by atoms with Crippen molar-refractivity contribution in [1.29, 1.82) is 0 Å². The van der Waals surface area contributed by atoms with Gasteiger partial charge in [-0.1, -0.05) is 73.4 Å². The number of halogens is 5. The molecular weight excluding hydrogens is 539 g/mol. The van der Waals surface area contributed by atoms with Gasteiger partial charge in [0, 0.05) is 17.2 Å². The summed E-state index contributed by atoms with van der Waals surface area (Å²) >= 11 is 0. The SMILES string of the molecule is CCCCCc1ccc(C(F)(F)Oc2ccc(C(F)(F)Oc3cc(C(C)(C)C)c(O)c(C(C)(C)C)c3)c(F)c2)cc1. The van der Waals surface area contributed by atoms with Gasteiger partial charge in [-0.2, -0.15) is 17.6 Å². The lowest BCUT2D eigenvalue weighted by Crippen LogP contribution is -2.25. The Balaban J connectivity index is 1.84. The van der Waals surface area contributed by atoms with Crippen LogP contribution in [-0.2, 0) is 29.5 Å². The molecule has 8 heteroatoms. The fourth-order valence-electron chi connectivity index (χ4n) is 4.46. The monoisotopic (exact) mass is 578 g/mol. The van der Waals surface area contributed by atoms with Crippen LogP contribution in [0.15, 0.2) is 54.6 Å². The largest absolute Gasteiger partial charge is 0.507 e. The first-order valence-corrected chi connectivity index (χ1v) is 13.8. The van der Waals surface area contributed by atoms with Gasteiger partial charge in [-0.3, -0.25) is 0 Å². The number of aryl methyl sites for hydroxylation is 1. The molecule has 0 amide bonds. The molecule has 0 radical (unpaired) electrons. The zero-order chi connectivity index (χ0) is 30.8. The normalized spacial score (nSPS) is 12.9. The molecule has 1 N–H and O–H groups in total. The fourth-order valence-corrected chi connectivity index (χ4v) is 4.46. The van der Waals surface area contributed by atoms with Crippen molar-refractivity contribution < 1.29 is 36.5 Å². The van der Waals surface area contributed by atoms with E-state index in [1.165, 1.54) is 24.3 Å². The first-order chi connectivity index (χ1) is 18.8. The smallest absolute Gasteiger partial charge is 0.429 e. The van der Waals surface area contributed by atoms with Crippen LogP contribution in [0.3, 0.4) is 0 Å². The summed E-state index contributed by atoms with van der Waals surface area (Å²) in [6.45, 7) is 12.9. The summed E-state index contributed by atoms with van der Waals surface area (Å²) in [5.74, 6) is -2.39. The number of rotatable bonds is 10. The minimum Gasteiger partial charge on any atom is -0.507 e. The van der Waals surface area contributed by atoms with E-state index in [-0.39, 0.29) is 11.5 Å². The number of phenols is 1. The van der Waals surface area contributed by atoms with Crippen LogP contribution in [0.2, 0.25) is 0 Å². The van der Waals surface area contributed by atoms with E-state index in [9.17, 15) is 18.3 Å². The van der Waals surface area contributed by atoms with Crippen LogP contribution in [0.25, 0.3) is 0 Å². The van der Waals surface area contributed by atoms with Crippen molar-refractivity contribution in [1.82, 2.24) is 0 Å². The van der Waals surface area contributed by atoms with Gasteiger partial charge in [0.15, 0.2) is 0 Å². The highest BCUT2D eigenvalue weighted by Gasteiger charge is 2.40. The Morgan fingerprint density at radius 1 is 0.659 bits per heavy atom. The van der Waals surface area contributed by atoms with E-state index in [1.807, 2.05) is 41.5 Å². The maximum absolute atomic E-state index is 15.2. The topological polar surface area (TPSA) is 38.7 Å². The number of hydrogen-bond donors (Lipinski definition) is 1. The minimum absolute atomic E-state index is 0.0274. The number of alkyl halides is 4. The van der Waals surface area contributed by atoms with Gasteiger partial charge in [0.05, 0.1) is 5.56 Å². The minimum atomic E-state index is -4.15. The lowest BCUT2D eigenvalue weighted by Gasteiger charge is -2.29. The summed E-state index contributed by atoms with van der Waals surface area (Å²) < 4.78 is 84.7. The summed E-state index contributed by atoms with van der Waals surface area (Å²) in [7, 11) is 0. The third kappa shape index (κ3) is 7.92. The van der Waals surface area contributed by atoms with E-state index in [0.717, 1.165) is 37.3 Å². The molecule has 0 aliphatic carbocycles. The van der Waals surface area contributed by atoms with Gasteiger partial charge in [-0.05, 0) is 65.6 Å². The Hall–Kier alpha value is -3.29. The third-order valence-electron chi connectivity index (χ3n) is 6.80. The van der Waals surface area contributed by atoms with Crippen LogP contribution < -0.4 is 9.47 Å². The molecule has 0 spiro atoms. The van der Waals surface area contributed by atoms with E-state index in [2.05, 4.69) is 6.92 Å². The predicted molar refractivity (Wildman–Crippen MR) is 151 cm³/mol. The molecule has 0 bridgehead atoms. The summed E-state index contributed by atoms with van der Waals surface area (Å²) in [5.41, 5.74) is -1.12. The van der Waals surface area contributed by atoms with Gasteiger partial charge >= 0.3 is 12.2 Å². The van der Waals surface area contributed by atoms with Crippen LogP contribution in [0.1, 0.15) is 95.5 Å². The van der Waals surface area contributed by atoms with Crippen molar-refractivity contribution in [3.05, 3.63) is 88.2 Å². The average Bonchev–Trinajstić information content (AvgIpc) is 2.83. The van der Waals surface area contributed by atoms with Crippen LogP contribution in [0, 0.1) is 5.82 Å². The summed E-state index contributed by atoms with van der Waals surface area (Å²) in [6, 6.07) is 10.2. The van der Waals surface area contributed by atoms with E-state index < -0.39 is 45.7 Å². The molecule has 0 heterocycles. The molecule has 0 saturated carbocycles. The van der Waals surface area contributed by atoms with Crippen molar-refractivity contribution >= 4 is 0 Å². The Bertz CT molecular complexity index is 1300. The van der Waals surface area contributed by atoms with Crippen molar-refractivity contribution in [2.45, 2.75) is 97.2 Å². The highest BCUT2D eigenvalue weighted by molar-refractivity contribution is 5.52. The number of ether oxygens (including phenoxy) is 2. The number of benzene rings is 3. The molecule has 3 aromatic carbocycles. The Morgan fingerprint density at radius 2 is 1.20 bits per heavy atom. The molecule has 3 rings (SSSR count). The molecule has 3 nitrogen and oxygen atoms in total. The number of aromatic hydroxyl groups is 1. The maximum atomic E-state index is 15.2. The van der Waals surface area contributed by atoms with Gasteiger partial charge in [0.1, 0.15) is 28.6 Å². The molecule has 0 fully saturated rings. The molecule has 0 aliphatic heterocycles. The predicted octanol–water partition coefficient (Wildman–Crippen LogP) is 10.1. The number of hydrogen-bond acceptors (Lipinski definition) is 3. The zero-order valence-corrected chi connectivity index (χ0v) is 24.7. The molecule has 0 saturated heterocycles. The molecule has 3 aromatic rings. The van der Waals surface area contributed by atoms with E-state index in [4.69, 9.17) is 9.47 Å². The summed E-state index contributed by atoms with van der Waals surface area (Å²) in [4.78, 5) is 0. The van der Waals surface area contributed by atoms with Crippen molar-refractivity contribution in [3.63, 3.8) is 0 Å². The molecule has 0 atom stereocenters.